The fraction of sp³-hybridized carbons (Fsp3) is 0.400. The van der Waals surface area contributed by atoms with Gasteiger partial charge in [0.15, 0.2) is 0 Å². The van der Waals surface area contributed by atoms with Gasteiger partial charge in [0.2, 0.25) is 17.5 Å². The first-order valence-corrected chi connectivity index (χ1v) is 10.3. The van der Waals surface area contributed by atoms with E-state index in [1.807, 2.05) is 5.32 Å². The van der Waals surface area contributed by atoms with Crippen molar-refractivity contribution in [2.24, 2.45) is 21.7 Å². The van der Waals surface area contributed by atoms with Crippen LogP contribution in [0.4, 0.5) is 10.5 Å². The van der Waals surface area contributed by atoms with Crippen LogP contribution in [0.15, 0.2) is 23.4 Å². The number of anilines is 1. The van der Waals surface area contributed by atoms with Gasteiger partial charge in [0.1, 0.15) is 13.2 Å². The van der Waals surface area contributed by atoms with Crippen LogP contribution in [-0.2, 0) is 19.2 Å². The first-order valence-electron chi connectivity index (χ1n) is 9.52. The van der Waals surface area contributed by atoms with E-state index in [-0.39, 0.29) is 5.91 Å². The normalized spacial score (nSPS) is 20.8. The number of rotatable bonds is 6. The Hall–Kier alpha value is -3.36. The van der Waals surface area contributed by atoms with Crippen LogP contribution in [0, 0.1) is 22.2 Å². The number of hydrogen-bond acceptors (Lipinski definition) is 7. The van der Waals surface area contributed by atoms with Crippen molar-refractivity contribution < 1.29 is 24.0 Å². The number of amides is 5. The van der Waals surface area contributed by atoms with Crippen LogP contribution in [0.3, 0.4) is 0 Å². The zero-order chi connectivity index (χ0) is 25.4. The highest BCUT2D eigenvalue weighted by molar-refractivity contribution is 6.46. The van der Waals surface area contributed by atoms with Crippen LogP contribution < -0.4 is 21.7 Å². The zero-order valence-corrected chi connectivity index (χ0v) is 19.9. The SMILES string of the molecule is CC1(C(N)=O)CC1(C)C(=O)Nc1cc(Cl)cc(Cl)c1.CCNC(=O)NC(=O)C(C#N)=NOC. The predicted octanol–water partition coefficient (Wildman–Crippen LogP) is 2.19. The van der Waals surface area contributed by atoms with Crippen molar-refractivity contribution >= 4 is 58.4 Å². The molecule has 5 N–H and O–H groups in total. The second-order valence-corrected chi connectivity index (χ2v) is 8.24. The number of nitrogens with one attached hydrogen (secondary N) is 3. The fourth-order valence-corrected chi connectivity index (χ4v) is 3.34. The van der Waals surface area contributed by atoms with Gasteiger partial charge in [0.05, 0.1) is 10.8 Å². The number of halogens is 2. The van der Waals surface area contributed by atoms with Crippen LogP contribution in [0.25, 0.3) is 0 Å². The number of primary amides is 1. The number of carbonyl (C=O) groups is 4. The van der Waals surface area contributed by atoms with E-state index in [9.17, 15) is 19.2 Å². The molecule has 2 atom stereocenters. The standard InChI is InChI=1S/C13H14Cl2N2O2.C7H10N4O3/c1-12(10(16)18)6-13(12,2)11(19)17-9-4-7(14)3-8(15)5-9;1-3-9-7(13)10-6(12)5(4-8)11-14-2/h3-5H,6H2,1-2H3,(H2,16,18)(H,17,19);3H2,1-2H3,(H2,9,10,12,13). The maximum Gasteiger partial charge on any atom is 0.321 e. The molecule has 5 amide bonds. The highest BCUT2D eigenvalue weighted by atomic mass is 35.5. The molecule has 178 valence electrons. The van der Waals surface area contributed by atoms with Gasteiger partial charge < -0.3 is 21.2 Å². The smallest absolute Gasteiger partial charge is 0.321 e. The monoisotopic (exact) mass is 498 g/mol. The minimum absolute atomic E-state index is 0.257. The Morgan fingerprint density at radius 3 is 2.18 bits per heavy atom. The van der Waals surface area contributed by atoms with Gasteiger partial charge in [-0.05, 0) is 45.4 Å². The maximum absolute atomic E-state index is 12.2. The van der Waals surface area contributed by atoms with E-state index in [0.717, 1.165) is 0 Å². The molecule has 13 heteroatoms. The highest BCUT2D eigenvalue weighted by Gasteiger charge is 2.69. The summed E-state index contributed by atoms with van der Waals surface area (Å²) in [5.41, 5.74) is 3.74. The molecule has 2 rings (SSSR count). The second-order valence-electron chi connectivity index (χ2n) is 7.37. The van der Waals surface area contributed by atoms with E-state index < -0.39 is 34.4 Å². The molecule has 1 aromatic rings. The summed E-state index contributed by atoms with van der Waals surface area (Å²) in [5.74, 6) is -1.62. The average molecular weight is 499 g/mol. The molecule has 0 heterocycles. The quantitative estimate of drug-likeness (QED) is 0.345. The lowest BCUT2D eigenvalue weighted by Gasteiger charge is -2.16. The minimum atomic E-state index is -0.903. The van der Waals surface area contributed by atoms with Crippen LogP contribution in [0.1, 0.15) is 27.2 Å². The number of nitrogens with zero attached hydrogens (tertiary/aromatic N) is 2. The third-order valence-corrected chi connectivity index (χ3v) is 5.47. The number of benzene rings is 1. The molecule has 0 aliphatic heterocycles. The van der Waals surface area contributed by atoms with E-state index >= 15 is 0 Å². The van der Waals surface area contributed by atoms with Gasteiger partial charge in [-0.1, -0.05) is 28.4 Å². The van der Waals surface area contributed by atoms with Crippen molar-refractivity contribution in [3.8, 4) is 6.07 Å². The van der Waals surface area contributed by atoms with Crippen LogP contribution in [0.2, 0.25) is 10.0 Å². The molecule has 1 saturated carbocycles. The van der Waals surface area contributed by atoms with Crippen molar-refractivity contribution in [1.29, 1.82) is 5.26 Å². The van der Waals surface area contributed by atoms with Crippen LogP contribution in [-0.4, -0.2) is 43.1 Å². The zero-order valence-electron chi connectivity index (χ0n) is 18.4. The summed E-state index contributed by atoms with van der Waals surface area (Å²) < 4.78 is 0. The first-order chi connectivity index (χ1) is 15.3. The number of hydrogen-bond donors (Lipinski definition) is 4. The topological polar surface area (TPSA) is 176 Å². The van der Waals surface area contributed by atoms with Crippen molar-refractivity contribution in [2.45, 2.75) is 27.2 Å². The van der Waals surface area contributed by atoms with Crippen molar-refractivity contribution in [3.05, 3.63) is 28.2 Å². The Kier molecular flexibility index (Phi) is 9.63. The van der Waals surface area contributed by atoms with Crippen LogP contribution in [0.5, 0.6) is 0 Å². The summed E-state index contributed by atoms with van der Waals surface area (Å²) in [7, 11) is 1.19. The molecule has 0 radical (unpaired) electrons. The van der Waals surface area contributed by atoms with E-state index in [1.54, 1.807) is 39.0 Å². The van der Waals surface area contributed by atoms with Crippen molar-refractivity contribution in [2.75, 3.05) is 19.0 Å². The summed E-state index contributed by atoms with van der Waals surface area (Å²) in [4.78, 5) is 49.7. The first kappa shape index (κ1) is 27.7. The van der Waals surface area contributed by atoms with Gasteiger partial charge in [0.25, 0.3) is 5.91 Å². The third-order valence-electron chi connectivity index (χ3n) is 5.03. The number of nitriles is 1. The van der Waals surface area contributed by atoms with Gasteiger partial charge in [-0.2, -0.15) is 5.26 Å². The second kappa shape index (κ2) is 11.5. The van der Waals surface area contributed by atoms with Crippen molar-refractivity contribution in [3.63, 3.8) is 0 Å². The molecule has 2 unspecified atom stereocenters. The Bertz CT molecular complexity index is 1000. The lowest BCUT2D eigenvalue weighted by Crippen LogP contribution is -2.42. The van der Waals surface area contributed by atoms with Gasteiger partial charge >= 0.3 is 6.03 Å². The van der Waals surface area contributed by atoms with Gasteiger partial charge in [-0.15, -0.1) is 0 Å². The average Bonchev–Trinajstić information content (AvgIpc) is 3.30. The Morgan fingerprint density at radius 2 is 1.76 bits per heavy atom. The largest absolute Gasteiger partial charge is 0.398 e. The molecule has 0 bridgehead atoms. The van der Waals surface area contributed by atoms with E-state index in [0.29, 0.717) is 28.7 Å². The van der Waals surface area contributed by atoms with E-state index in [2.05, 4.69) is 20.6 Å². The Labute approximate surface area is 200 Å². The van der Waals surface area contributed by atoms with Gasteiger partial charge in [0, 0.05) is 22.3 Å². The molecule has 33 heavy (non-hydrogen) atoms. The molecular formula is C20H24Cl2N6O5. The Morgan fingerprint density at radius 1 is 1.18 bits per heavy atom. The molecule has 1 aliphatic carbocycles. The highest BCUT2D eigenvalue weighted by Crippen LogP contribution is 2.63. The molecule has 1 fully saturated rings. The number of oxime groups is 1. The fourth-order valence-electron chi connectivity index (χ4n) is 2.82. The van der Waals surface area contributed by atoms with Crippen molar-refractivity contribution in [1.82, 2.24) is 10.6 Å². The summed E-state index contributed by atoms with van der Waals surface area (Å²) in [6.45, 7) is 5.49. The summed E-state index contributed by atoms with van der Waals surface area (Å²) in [5, 5.41) is 19.3. The molecule has 1 aliphatic rings. The molecular weight excluding hydrogens is 475 g/mol. The minimum Gasteiger partial charge on any atom is -0.398 e. The van der Waals surface area contributed by atoms with Crippen LogP contribution >= 0.6 is 23.2 Å². The molecule has 1 aromatic carbocycles. The summed E-state index contributed by atoms with van der Waals surface area (Å²) in [6.07, 6.45) is 0.440. The summed E-state index contributed by atoms with van der Waals surface area (Å²) >= 11 is 11.7. The number of carbonyl (C=O) groups excluding carboxylic acids is 4. The Balaban J connectivity index is 0.000000349. The maximum atomic E-state index is 12.2. The lowest BCUT2D eigenvalue weighted by atomic mass is 9.94. The van der Waals surface area contributed by atoms with Gasteiger partial charge in [-0.25, -0.2) is 4.79 Å². The number of urea groups is 1. The number of imide groups is 1. The summed E-state index contributed by atoms with van der Waals surface area (Å²) in [6, 6.07) is 5.57. The number of nitrogens with two attached hydrogens (primary N) is 1. The molecule has 0 aromatic heterocycles. The predicted molar refractivity (Wildman–Crippen MR) is 122 cm³/mol. The van der Waals surface area contributed by atoms with E-state index in [1.165, 1.54) is 13.2 Å². The molecule has 0 saturated heterocycles. The van der Waals surface area contributed by atoms with E-state index in [4.69, 9.17) is 34.2 Å². The molecule has 11 nitrogen and oxygen atoms in total. The third kappa shape index (κ3) is 7.06. The van der Waals surface area contributed by atoms with Gasteiger partial charge in [-0.3, -0.25) is 19.7 Å². The molecule has 0 spiro atoms. The lowest BCUT2D eigenvalue weighted by molar-refractivity contribution is -0.129.